The van der Waals surface area contributed by atoms with E-state index in [0.29, 0.717) is 19.5 Å². The highest BCUT2D eigenvalue weighted by Gasteiger charge is 2.33. The Bertz CT molecular complexity index is 381. The molecule has 0 aromatic carbocycles. The average molecular weight is 284 g/mol. The molecule has 0 aromatic rings. The van der Waals surface area contributed by atoms with Crippen LogP contribution in [0.3, 0.4) is 0 Å². The fraction of sp³-hybridized carbons (Fsp3) is 0.786. The molecule has 1 aliphatic rings. The highest BCUT2D eigenvalue weighted by molar-refractivity contribution is 5.89. The number of rotatable bonds is 7. The third-order valence-corrected chi connectivity index (χ3v) is 3.59. The molecule has 1 aliphatic heterocycles. The van der Waals surface area contributed by atoms with Crippen LogP contribution in [0.4, 0.5) is 0 Å². The van der Waals surface area contributed by atoms with E-state index in [1.807, 2.05) is 20.8 Å². The van der Waals surface area contributed by atoms with Gasteiger partial charge in [-0.15, -0.1) is 0 Å². The second kappa shape index (κ2) is 7.26. The van der Waals surface area contributed by atoms with E-state index in [9.17, 15) is 14.4 Å². The first-order chi connectivity index (χ1) is 9.35. The number of nitrogens with one attached hydrogen (secondary N) is 1. The second-order valence-electron chi connectivity index (χ2n) is 5.74. The Morgan fingerprint density at radius 2 is 2.10 bits per heavy atom. The summed E-state index contributed by atoms with van der Waals surface area (Å²) in [5.74, 6) is -1.78. The predicted molar refractivity (Wildman–Crippen MR) is 74.0 cm³/mol. The molecule has 2 N–H and O–H groups in total. The summed E-state index contributed by atoms with van der Waals surface area (Å²) in [4.78, 5) is 36.3. The maximum atomic E-state index is 12.0. The monoisotopic (exact) mass is 284 g/mol. The number of likely N-dealkylation sites (tertiary alicyclic amines) is 1. The van der Waals surface area contributed by atoms with Crippen LogP contribution < -0.4 is 5.32 Å². The summed E-state index contributed by atoms with van der Waals surface area (Å²) in [7, 11) is 0. The van der Waals surface area contributed by atoms with E-state index < -0.39 is 11.9 Å². The zero-order valence-electron chi connectivity index (χ0n) is 12.4. The van der Waals surface area contributed by atoms with E-state index >= 15 is 0 Å². The van der Waals surface area contributed by atoms with Crippen molar-refractivity contribution in [1.82, 2.24) is 10.2 Å². The van der Waals surface area contributed by atoms with Crippen molar-refractivity contribution in [1.29, 1.82) is 0 Å². The molecule has 1 fully saturated rings. The van der Waals surface area contributed by atoms with E-state index in [1.54, 1.807) is 4.90 Å². The van der Waals surface area contributed by atoms with Gasteiger partial charge in [0.2, 0.25) is 11.8 Å². The van der Waals surface area contributed by atoms with Crippen LogP contribution in [-0.2, 0) is 14.4 Å². The van der Waals surface area contributed by atoms with Crippen LogP contribution in [0.15, 0.2) is 0 Å². The summed E-state index contributed by atoms with van der Waals surface area (Å²) >= 11 is 0. The molecule has 0 aliphatic carbocycles. The maximum Gasteiger partial charge on any atom is 0.308 e. The topological polar surface area (TPSA) is 86.7 Å². The van der Waals surface area contributed by atoms with Crippen molar-refractivity contribution in [3.05, 3.63) is 0 Å². The Labute approximate surface area is 119 Å². The van der Waals surface area contributed by atoms with Crippen LogP contribution in [0.1, 0.15) is 33.6 Å². The highest BCUT2D eigenvalue weighted by atomic mass is 16.4. The summed E-state index contributed by atoms with van der Waals surface area (Å²) in [5, 5.41) is 11.8. The van der Waals surface area contributed by atoms with Crippen LogP contribution in [0.5, 0.6) is 0 Å². The van der Waals surface area contributed by atoms with Crippen molar-refractivity contribution in [3.63, 3.8) is 0 Å². The van der Waals surface area contributed by atoms with Crippen molar-refractivity contribution >= 4 is 17.8 Å². The van der Waals surface area contributed by atoms with Gasteiger partial charge in [-0.1, -0.05) is 13.8 Å². The Kier molecular flexibility index (Phi) is 5.98. The molecule has 1 saturated heterocycles. The molecule has 6 heteroatoms. The highest BCUT2D eigenvalue weighted by Crippen LogP contribution is 2.18. The Morgan fingerprint density at radius 3 is 2.55 bits per heavy atom. The number of carboxylic acids is 1. The van der Waals surface area contributed by atoms with Crippen LogP contribution in [0.2, 0.25) is 0 Å². The molecule has 114 valence electrons. The standard InChI is InChI=1S/C14H24N2O4/c1-4-16-8-11(6-12(16)17)13(18)15-7-10(14(19)20)5-9(2)3/h9-11H,4-8H2,1-3H3,(H,15,18)(H,19,20). The maximum absolute atomic E-state index is 12.0. The quantitative estimate of drug-likeness (QED) is 0.721. The Hall–Kier alpha value is -1.59. The summed E-state index contributed by atoms with van der Waals surface area (Å²) in [6.45, 7) is 6.94. The Balaban J connectivity index is 2.46. The number of aliphatic carboxylic acids is 1. The fourth-order valence-corrected chi connectivity index (χ4v) is 2.46. The predicted octanol–water partition coefficient (Wildman–Crippen LogP) is 0.718. The fourth-order valence-electron chi connectivity index (χ4n) is 2.46. The zero-order valence-corrected chi connectivity index (χ0v) is 12.4. The second-order valence-corrected chi connectivity index (χ2v) is 5.74. The van der Waals surface area contributed by atoms with Gasteiger partial charge < -0.3 is 15.3 Å². The summed E-state index contributed by atoms with van der Waals surface area (Å²) in [5.41, 5.74) is 0. The minimum absolute atomic E-state index is 0.00962. The van der Waals surface area contributed by atoms with Crippen molar-refractivity contribution < 1.29 is 19.5 Å². The summed E-state index contributed by atoms with van der Waals surface area (Å²) < 4.78 is 0. The first-order valence-corrected chi connectivity index (χ1v) is 7.13. The molecular formula is C14H24N2O4. The molecule has 0 bridgehead atoms. The number of carbonyl (C=O) groups is 3. The lowest BCUT2D eigenvalue weighted by Crippen LogP contribution is -2.38. The lowest BCUT2D eigenvalue weighted by atomic mass is 9.97. The van der Waals surface area contributed by atoms with Gasteiger partial charge in [-0.2, -0.15) is 0 Å². The number of hydrogen-bond acceptors (Lipinski definition) is 3. The minimum atomic E-state index is -0.892. The van der Waals surface area contributed by atoms with Crippen molar-refractivity contribution in [2.24, 2.45) is 17.8 Å². The molecule has 1 heterocycles. The molecule has 0 aromatic heterocycles. The van der Waals surface area contributed by atoms with Gasteiger partial charge in [0.1, 0.15) is 0 Å². The van der Waals surface area contributed by atoms with Gasteiger partial charge in [-0.3, -0.25) is 14.4 Å². The number of carboxylic acid groups (broad SMARTS) is 1. The molecule has 2 unspecified atom stereocenters. The smallest absolute Gasteiger partial charge is 0.308 e. The molecule has 2 amide bonds. The molecule has 0 spiro atoms. The van der Waals surface area contributed by atoms with Gasteiger partial charge in [0, 0.05) is 26.1 Å². The molecule has 0 radical (unpaired) electrons. The third-order valence-electron chi connectivity index (χ3n) is 3.59. The lowest BCUT2D eigenvalue weighted by Gasteiger charge is -2.17. The molecule has 6 nitrogen and oxygen atoms in total. The van der Waals surface area contributed by atoms with E-state index in [0.717, 1.165) is 0 Å². The number of amides is 2. The molecule has 0 saturated carbocycles. The van der Waals surface area contributed by atoms with Crippen molar-refractivity contribution in [2.45, 2.75) is 33.6 Å². The summed E-state index contributed by atoms with van der Waals surface area (Å²) in [6, 6.07) is 0. The van der Waals surface area contributed by atoms with Crippen molar-refractivity contribution in [3.8, 4) is 0 Å². The molecular weight excluding hydrogens is 260 g/mol. The van der Waals surface area contributed by atoms with E-state index in [-0.39, 0.29) is 36.6 Å². The Morgan fingerprint density at radius 1 is 1.45 bits per heavy atom. The SMILES string of the molecule is CCN1CC(C(=O)NCC(CC(C)C)C(=O)O)CC1=O. The van der Waals surface area contributed by atoms with Gasteiger partial charge in [-0.25, -0.2) is 0 Å². The first-order valence-electron chi connectivity index (χ1n) is 7.13. The van der Waals surface area contributed by atoms with E-state index in [1.165, 1.54) is 0 Å². The van der Waals surface area contributed by atoms with Gasteiger partial charge in [0.05, 0.1) is 11.8 Å². The average Bonchev–Trinajstić information content (AvgIpc) is 2.74. The van der Waals surface area contributed by atoms with Crippen molar-refractivity contribution in [2.75, 3.05) is 19.6 Å². The van der Waals surface area contributed by atoms with Gasteiger partial charge in [0.25, 0.3) is 0 Å². The van der Waals surface area contributed by atoms with Gasteiger partial charge in [0.15, 0.2) is 0 Å². The minimum Gasteiger partial charge on any atom is -0.481 e. The van der Waals surface area contributed by atoms with Gasteiger partial charge in [-0.05, 0) is 19.3 Å². The normalized spacial score (nSPS) is 20.3. The molecule has 1 rings (SSSR count). The van der Waals surface area contributed by atoms with Gasteiger partial charge >= 0.3 is 5.97 Å². The molecule has 20 heavy (non-hydrogen) atoms. The zero-order chi connectivity index (χ0) is 15.3. The van der Waals surface area contributed by atoms with Crippen LogP contribution in [-0.4, -0.2) is 47.4 Å². The third kappa shape index (κ3) is 4.51. The lowest BCUT2D eigenvalue weighted by molar-refractivity contribution is -0.142. The summed E-state index contributed by atoms with van der Waals surface area (Å²) in [6.07, 6.45) is 0.752. The molecule has 2 atom stereocenters. The van der Waals surface area contributed by atoms with Crippen LogP contribution >= 0.6 is 0 Å². The van der Waals surface area contributed by atoms with E-state index in [4.69, 9.17) is 5.11 Å². The number of nitrogens with zero attached hydrogens (tertiary/aromatic N) is 1. The van der Waals surface area contributed by atoms with Crippen LogP contribution in [0, 0.1) is 17.8 Å². The first kappa shape index (κ1) is 16.5. The number of carbonyl (C=O) groups excluding carboxylic acids is 2. The largest absolute Gasteiger partial charge is 0.481 e. The van der Waals surface area contributed by atoms with Crippen LogP contribution in [0.25, 0.3) is 0 Å². The number of hydrogen-bond donors (Lipinski definition) is 2. The van der Waals surface area contributed by atoms with E-state index in [2.05, 4.69) is 5.32 Å².